The first kappa shape index (κ1) is 13.9. The molecule has 1 aromatic rings. The predicted octanol–water partition coefficient (Wildman–Crippen LogP) is 4.30. The molecule has 1 heteroatoms. The number of aryl methyl sites for hydroxylation is 1. The predicted molar refractivity (Wildman–Crippen MR) is 86.0 cm³/mol. The molecule has 1 nitrogen and oxygen atoms in total. The highest BCUT2D eigenvalue weighted by Gasteiger charge is 2.55. The van der Waals surface area contributed by atoms with Gasteiger partial charge in [-0.1, -0.05) is 37.3 Å². The van der Waals surface area contributed by atoms with E-state index in [2.05, 4.69) is 49.2 Å². The van der Waals surface area contributed by atoms with Gasteiger partial charge >= 0.3 is 0 Å². The lowest BCUT2D eigenvalue weighted by molar-refractivity contribution is 0.413. The highest BCUT2D eigenvalue weighted by molar-refractivity contribution is 5.40. The Kier molecular flexibility index (Phi) is 4.26. The van der Waals surface area contributed by atoms with Crippen molar-refractivity contribution in [2.24, 2.45) is 11.8 Å². The Hall–Kier alpha value is -1.08. The van der Waals surface area contributed by atoms with Crippen molar-refractivity contribution in [2.75, 3.05) is 6.54 Å². The van der Waals surface area contributed by atoms with E-state index in [0.29, 0.717) is 6.04 Å². The maximum absolute atomic E-state index is 3.89. The summed E-state index contributed by atoms with van der Waals surface area (Å²) < 4.78 is 0. The van der Waals surface area contributed by atoms with Gasteiger partial charge in [0.15, 0.2) is 0 Å². The van der Waals surface area contributed by atoms with Gasteiger partial charge in [-0.2, -0.15) is 0 Å². The molecule has 0 amide bonds. The SMILES string of the molecule is C=CCCC(NCCC)C1C2CCc3ccccc3C21. The summed E-state index contributed by atoms with van der Waals surface area (Å²) in [6.45, 7) is 7.30. The van der Waals surface area contributed by atoms with E-state index >= 15 is 0 Å². The topological polar surface area (TPSA) is 12.0 Å². The van der Waals surface area contributed by atoms with Gasteiger partial charge < -0.3 is 5.32 Å². The van der Waals surface area contributed by atoms with Crippen molar-refractivity contribution in [1.82, 2.24) is 5.32 Å². The molecule has 0 aliphatic heterocycles. The lowest BCUT2D eigenvalue weighted by Gasteiger charge is -2.18. The minimum Gasteiger partial charge on any atom is -0.314 e. The number of nitrogens with one attached hydrogen (secondary N) is 1. The number of benzene rings is 1. The Bertz CT molecular complexity index is 465. The summed E-state index contributed by atoms with van der Waals surface area (Å²) in [6, 6.07) is 9.81. The van der Waals surface area contributed by atoms with Crippen LogP contribution < -0.4 is 5.32 Å². The van der Waals surface area contributed by atoms with Gasteiger partial charge in [0.2, 0.25) is 0 Å². The summed E-state index contributed by atoms with van der Waals surface area (Å²) in [5.74, 6) is 2.63. The molecule has 108 valence electrons. The second-order valence-electron chi connectivity index (χ2n) is 6.43. The van der Waals surface area contributed by atoms with Crippen LogP contribution in [0, 0.1) is 11.8 Å². The van der Waals surface area contributed by atoms with Crippen molar-refractivity contribution < 1.29 is 0 Å². The van der Waals surface area contributed by atoms with Gasteiger partial charge in [-0.05, 0) is 67.5 Å². The summed E-state index contributed by atoms with van der Waals surface area (Å²) in [6.07, 6.45) is 8.37. The first-order valence-electron chi connectivity index (χ1n) is 8.29. The molecule has 0 spiro atoms. The molecule has 1 fully saturated rings. The van der Waals surface area contributed by atoms with E-state index in [1.807, 2.05) is 0 Å². The van der Waals surface area contributed by atoms with Gasteiger partial charge in [0.05, 0.1) is 0 Å². The lowest BCUT2D eigenvalue weighted by atomic mass is 9.92. The first-order valence-corrected chi connectivity index (χ1v) is 8.29. The molecule has 0 aromatic heterocycles. The normalized spacial score (nSPS) is 28.4. The number of hydrogen-bond donors (Lipinski definition) is 1. The Balaban J connectivity index is 1.73. The Morgan fingerprint density at radius 2 is 2.25 bits per heavy atom. The van der Waals surface area contributed by atoms with Gasteiger partial charge in [0, 0.05) is 6.04 Å². The average Bonchev–Trinajstić information content (AvgIpc) is 3.22. The molecule has 0 heterocycles. The van der Waals surface area contributed by atoms with Crippen molar-refractivity contribution in [1.29, 1.82) is 0 Å². The lowest BCUT2D eigenvalue weighted by Crippen LogP contribution is -2.32. The Labute approximate surface area is 123 Å². The molecule has 1 N–H and O–H groups in total. The van der Waals surface area contributed by atoms with Crippen molar-refractivity contribution in [2.45, 2.75) is 51.0 Å². The third-order valence-electron chi connectivity index (χ3n) is 5.19. The van der Waals surface area contributed by atoms with Gasteiger partial charge in [0.1, 0.15) is 0 Å². The van der Waals surface area contributed by atoms with Crippen molar-refractivity contribution in [3.63, 3.8) is 0 Å². The van der Waals surface area contributed by atoms with E-state index in [1.165, 1.54) is 25.7 Å². The van der Waals surface area contributed by atoms with Crippen LogP contribution in [-0.4, -0.2) is 12.6 Å². The van der Waals surface area contributed by atoms with Gasteiger partial charge in [-0.15, -0.1) is 6.58 Å². The quantitative estimate of drug-likeness (QED) is 0.728. The van der Waals surface area contributed by atoms with E-state index in [4.69, 9.17) is 0 Å². The monoisotopic (exact) mass is 269 g/mol. The average molecular weight is 269 g/mol. The molecule has 0 radical (unpaired) electrons. The number of rotatable bonds is 7. The van der Waals surface area contributed by atoms with E-state index in [9.17, 15) is 0 Å². The minimum absolute atomic E-state index is 0.689. The summed E-state index contributed by atoms with van der Waals surface area (Å²) in [5.41, 5.74) is 3.25. The second-order valence-corrected chi connectivity index (χ2v) is 6.43. The van der Waals surface area contributed by atoms with E-state index in [-0.39, 0.29) is 0 Å². The Morgan fingerprint density at radius 3 is 3.05 bits per heavy atom. The van der Waals surface area contributed by atoms with Crippen molar-refractivity contribution in [3.05, 3.63) is 48.0 Å². The molecular weight excluding hydrogens is 242 g/mol. The summed E-state index contributed by atoms with van der Waals surface area (Å²) in [5, 5.41) is 3.81. The zero-order chi connectivity index (χ0) is 13.9. The molecule has 3 rings (SSSR count). The zero-order valence-electron chi connectivity index (χ0n) is 12.6. The van der Waals surface area contributed by atoms with Crippen molar-refractivity contribution in [3.8, 4) is 0 Å². The molecule has 4 atom stereocenters. The fourth-order valence-corrected chi connectivity index (χ4v) is 4.23. The van der Waals surface area contributed by atoms with Gasteiger partial charge in [-0.25, -0.2) is 0 Å². The molecule has 2 aliphatic carbocycles. The largest absolute Gasteiger partial charge is 0.314 e. The summed E-state index contributed by atoms with van der Waals surface area (Å²) in [4.78, 5) is 0. The summed E-state index contributed by atoms with van der Waals surface area (Å²) >= 11 is 0. The first-order chi connectivity index (χ1) is 9.86. The van der Waals surface area contributed by atoms with E-state index < -0.39 is 0 Å². The number of allylic oxidation sites excluding steroid dienone is 1. The fourth-order valence-electron chi connectivity index (χ4n) is 4.23. The maximum atomic E-state index is 3.89. The van der Waals surface area contributed by atoms with Crippen LogP contribution >= 0.6 is 0 Å². The number of hydrogen-bond acceptors (Lipinski definition) is 1. The Morgan fingerprint density at radius 1 is 1.40 bits per heavy atom. The molecule has 0 bridgehead atoms. The minimum atomic E-state index is 0.689. The van der Waals surface area contributed by atoms with Crippen molar-refractivity contribution >= 4 is 0 Å². The third-order valence-corrected chi connectivity index (χ3v) is 5.19. The van der Waals surface area contributed by atoms with Crippen LogP contribution in [0.25, 0.3) is 0 Å². The van der Waals surface area contributed by atoms with Crippen LogP contribution in [0.2, 0.25) is 0 Å². The number of fused-ring (bicyclic) bond motifs is 3. The standard InChI is InChI=1S/C19H27N/c1-3-5-10-17(20-13-4-2)19-16-12-11-14-8-6-7-9-15(14)18(16)19/h3,6-9,16-20H,1,4-5,10-13H2,2H3. The van der Waals surface area contributed by atoms with E-state index in [0.717, 1.165) is 30.7 Å². The molecule has 0 saturated heterocycles. The van der Waals surface area contributed by atoms with Crippen LogP contribution in [0.5, 0.6) is 0 Å². The summed E-state index contributed by atoms with van der Waals surface area (Å²) in [7, 11) is 0. The fraction of sp³-hybridized carbons (Fsp3) is 0.579. The van der Waals surface area contributed by atoms with Crippen LogP contribution in [0.15, 0.2) is 36.9 Å². The van der Waals surface area contributed by atoms with Crippen LogP contribution in [0.3, 0.4) is 0 Å². The van der Waals surface area contributed by atoms with Gasteiger partial charge in [0.25, 0.3) is 0 Å². The molecule has 1 aromatic carbocycles. The maximum Gasteiger partial charge on any atom is 0.0107 e. The molecule has 4 unspecified atom stereocenters. The molecule has 20 heavy (non-hydrogen) atoms. The van der Waals surface area contributed by atoms with Gasteiger partial charge in [-0.3, -0.25) is 0 Å². The smallest absolute Gasteiger partial charge is 0.0107 e. The third kappa shape index (κ3) is 2.56. The molecule has 1 saturated carbocycles. The van der Waals surface area contributed by atoms with E-state index in [1.54, 1.807) is 11.1 Å². The highest BCUT2D eigenvalue weighted by Crippen LogP contribution is 2.61. The van der Waals surface area contributed by atoms with Crippen LogP contribution in [-0.2, 0) is 6.42 Å². The van der Waals surface area contributed by atoms with Crippen LogP contribution in [0.1, 0.15) is 49.7 Å². The highest BCUT2D eigenvalue weighted by atomic mass is 14.9. The zero-order valence-corrected chi connectivity index (χ0v) is 12.6. The molecule has 2 aliphatic rings. The van der Waals surface area contributed by atoms with Crippen LogP contribution in [0.4, 0.5) is 0 Å². The second kappa shape index (κ2) is 6.13. The molecular formula is C19H27N.